The highest BCUT2D eigenvalue weighted by Gasteiger charge is 2.10. The van der Waals surface area contributed by atoms with E-state index in [1.807, 2.05) is 36.4 Å². The van der Waals surface area contributed by atoms with Crippen LogP contribution in [0.1, 0.15) is 15.9 Å². The first-order valence-corrected chi connectivity index (χ1v) is 7.35. The van der Waals surface area contributed by atoms with Gasteiger partial charge in [0.15, 0.2) is 0 Å². The number of benzene rings is 2. The molecule has 0 radical (unpaired) electrons. The average molecular weight is 374 g/mol. The number of nitrogens with zero attached hydrogens (tertiary/aromatic N) is 2. The van der Waals surface area contributed by atoms with E-state index in [9.17, 15) is 14.9 Å². The van der Waals surface area contributed by atoms with Gasteiger partial charge in [0, 0.05) is 22.2 Å². The molecule has 23 heavy (non-hydrogen) atoms. The van der Waals surface area contributed by atoms with Crippen LogP contribution in [-0.4, -0.2) is 17.0 Å². The van der Waals surface area contributed by atoms with Crippen LogP contribution in [0.15, 0.2) is 64.2 Å². The highest BCUT2D eigenvalue weighted by Crippen LogP contribution is 2.13. The lowest BCUT2D eigenvalue weighted by Gasteiger charge is -1.99. The molecule has 0 bridgehead atoms. The summed E-state index contributed by atoms with van der Waals surface area (Å²) in [6, 6.07) is 15.0. The summed E-state index contributed by atoms with van der Waals surface area (Å²) in [4.78, 5) is 22.0. The van der Waals surface area contributed by atoms with E-state index in [-0.39, 0.29) is 11.3 Å². The lowest BCUT2D eigenvalue weighted by molar-refractivity contribution is -0.384. The molecule has 0 aromatic heterocycles. The third kappa shape index (κ3) is 5.15. The molecule has 0 unspecified atom stereocenters. The third-order valence-corrected chi connectivity index (χ3v) is 3.21. The van der Waals surface area contributed by atoms with Crippen LogP contribution in [-0.2, 0) is 0 Å². The molecule has 116 valence electrons. The summed E-state index contributed by atoms with van der Waals surface area (Å²) < 4.78 is 0.669. The molecular weight excluding hydrogens is 362 g/mol. The summed E-state index contributed by atoms with van der Waals surface area (Å²) in [5, 5.41) is 14.5. The number of carbonyl (C=O) groups excluding carboxylic acids is 1. The highest BCUT2D eigenvalue weighted by molar-refractivity contribution is 9.12. The van der Waals surface area contributed by atoms with Crippen LogP contribution in [0.3, 0.4) is 0 Å². The summed E-state index contributed by atoms with van der Waals surface area (Å²) >= 11 is 3.32. The molecule has 0 heterocycles. The number of amides is 1. The molecule has 0 aliphatic heterocycles. The second-order valence-electron chi connectivity index (χ2n) is 4.45. The van der Waals surface area contributed by atoms with Crippen LogP contribution in [0.5, 0.6) is 0 Å². The van der Waals surface area contributed by atoms with Crippen molar-refractivity contribution >= 4 is 39.8 Å². The van der Waals surface area contributed by atoms with E-state index in [2.05, 4.69) is 26.5 Å². The van der Waals surface area contributed by atoms with Gasteiger partial charge in [-0.25, -0.2) is 5.43 Å². The quantitative estimate of drug-likeness (QED) is 0.492. The number of nitro benzene ring substituents is 1. The van der Waals surface area contributed by atoms with E-state index in [4.69, 9.17) is 0 Å². The van der Waals surface area contributed by atoms with Crippen molar-refractivity contribution in [3.63, 3.8) is 0 Å². The molecule has 2 rings (SSSR count). The third-order valence-electron chi connectivity index (χ3n) is 2.78. The Labute approximate surface area is 140 Å². The lowest BCUT2D eigenvalue weighted by Crippen LogP contribution is -2.17. The molecule has 0 aliphatic carbocycles. The van der Waals surface area contributed by atoms with Gasteiger partial charge in [-0.15, -0.1) is 0 Å². The minimum atomic E-state index is -0.556. The Morgan fingerprint density at radius 2 is 1.91 bits per heavy atom. The molecule has 0 atom stereocenters. The first kappa shape index (κ1) is 16.6. The van der Waals surface area contributed by atoms with Gasteiger partial charge in [-0.3, -0.25) is 14.9 Å². The van der Waals surface area contributed by atoms with Crippen molar-refractivity contribution in [1.82, 2.24) is 5.43 Å². The number of hydrazone groups is 1. The maximum Gasteiger partial charge on any atom is 0.271 e. The second kappa shape index (κ2) is 8.00. The first-order chi connectivity index (χ1) is 11.1. The lowest BCUT2D eigenvalue weighted by atomic mass is 10.2. The number of allylic oxidation sites excluding steroid dienone is 1. The van der Waals surface area contributed by atoms with E-state index in [0.29, 0.717) is 4.48 Å². The number of rotatable bonds is 5. The SMILES string of the molecule is O=C(N/N=C/C(Br)=C\c1ccccc1)c1cccc([N+](=O)[O-])c1. The summed E-state index contributed by atoms with van der Waals surface area (Å²) in [5.74, 6) is -0.523. The zero-order valence-corrected chi connectivity index (χ0v) is 13.4. The van der Waals surface area contributed by atoms with Gasteiger partial charge in [-0.2, -0.15) is 5.10 Å². The topological polar surface area (TPSA) is 84.6 Å². The first-order valence-electron chi connectivity index (χ1n) is 6.56. The predicted molar refractivity (Wildman–Crippen MR) is 92.4 cm³/mol. The van der Waals surface area contributed by atoms with Crippen LogP contribution in [0, 0.1) is 10.1 Å². The monoisotopic (exact) mass is 373 g/mol. The highest BCUT2D eigenvalue weighted by atomic mass is 79.9. The Hall–Kier alpha value is -2.80. The molecule has 1 N–H and O–H groups in total. The molecule has 0 spiro atoms. The van der Waals surface area contributed by atoms with Gasteiger partial charge in [-0.1, -0.05) is 36.4 Å². The number of non-ortho nitro benzene ring substituents is 1. The van der Waals surface area contributed by atoms with Crippen molar-refractivity contribution < 1.29 is 9.72 Å². The normalized spacial score (nSPS) is 11.4. The molecular formula is C16H12BrN3O3. The van der Waals surface area contributed by atoms with Gasteiger partial charge >= 0.3 is 0 Å². The fraction of sp³-hybridized carbons (Fsp3) is 0. The van der Waals surface area contributed by atoms with E-state index < -0.39 is 10.8 Å². The number of nitro groups is 1. The zero-order valence-electron chi connectivity index (χ0n) is 11.8. The molecule has 0 fully saturated rings. The van der Waals surface area contributed by atoms with Gasteiger partial charge < -0.3 is 0 Å². The number of hydrogen-bond donors (Lipinski definition) is 1. The van der Waals surface area contributed by atoms with Crippen LogP contribution >= 0.6 is 15.9 Å². The van der Waals surface area contributed by atoms with Crippen LogP contribution in [0.4, 0.5) is 5.69 Å². The van der Waals surface area contributed by atoms with E-state index in [1.54, 1.807) is 0 Å². The fourth-order valence-corrected chi connectivity index (χ4v) is 2.09. The fourth-order valence-electron chi connectivity index (χ4n) is 1.72. The number of halogens is 1. The summed E-state index contributed by atoms with van der Waals surface area (Å²) in [6.45, 7) is 0. The molecule has 6 nitrogen and oxygen atoms in total. The zero-order chi connectivity index (χ0) is 16.7. The molecule has 0 saturated carbocycles. The van der Waals surface area contributed by atoms with E-state index in [1.165, 1.54) is 30.5 Å². The smallest absolute Gasteiger partial charge is 0.267 e. The van der Waals surface area contributed by atoms with Crippen LogP contribution in [0.2, 0.25) is 0 Å². The number of hydrogen-bond acceptors (Lipinski definition) is 4. The van der Waals surface area contributed by atoms with Gasteiger partial charge in [-0.05, 0) is 33.6 Å². The van der Waals surface area contributed by atoms with Crippen molar-refractivity contribution in [2.75, 3.05) is 0 Å². The molecule has 7 heteroatoms. The van der Waals surface area contributed by atoms with Crippen LogP contribution in [0.25, 0.3) is 6.08 Å². The molecule has 2 aromatic carbocycles. The Morgan fingerprint density at radius 3 is 2.61 bits per heavy atom. The van der Waals surface area contributed by atoms with Gasteiger partial charge in [0.1, 0.15) is 0 Å². The number of nitrogens with one attached hydrogen (secondary N) is 1. The largest absolute Gasteiger partial charge is 0.271 e. The Kier molecular flexibility index (Phi) is 5.76. The maximum absolute atomic E-state index is 11.9. The van der Waals surface area contributed by atoms with Crippen molar-refractivity contribution in [3.8, 4) is 0 Å². The predicted octanol–water partition coefficient (Wildman–Crippen LogP) is 3.75. The summed E-state index contributed by atoms with van der Waals surface area (Å²) in [7, 11) is 0. The van der Waals surface area contributed by atoms with Crippen molar-refractivity contribution in [3.05, 3.63) is 80.3 Å². The summed E-state index contributed by atoms with van der Waals surface area (Å²) in [6.07, 6.45) is 3.27. The second-order valence-corrected chi connectivity index (χ2v) is 5.36. The van der Waals surface area contributed by atoms with E-state index >= 15 is 0 Å². The number of carbonyl (C=O) groups is 1. The molecule has 0 saturated heterocycles. The molecule has 1 amide bonds. The van der Waals surface area contributed by atoms with Gasteiger partial charge in [0.25, 0.3) is 11.6 Å². The Balaban J connectivity index is 2.00. The van der Waals surface area contributed by atoms with Gasteiger partial charge in [0.05, 0.1) is 11.1 Å². The minimum Gasteiger partial charge on any atom is -0.267 e. The molecule has 0 aliphatic rings. The standard InChI is InChI=1S/C16H12BrN3O3/c17-14(9-12-5-2-1-3-6-12)11-18-19-16(21)13-7-4-8-15(10-13)20(22)23/h1-11H,(H,19,21)/b14-9+,18-11+. The Bertz CT molecular complexity index is 773. The maximum atomic E-state index is 11.9. The average Bonchev–Trinajstić information content (AvgIpc) is 2.55. The van der Waals surface area contributed by atoms with Crippen molar-refractivity contribution in [1.29, 1.82) is 0 Å². The van der Waals surface area contributed by atoms with Crippen molar-refractivity contribution in [2.24, 2.45) is 5.10 Å². The van der Waals surface area contributed by atoms with E-state index in [0.717, 1.165) is 5.56 Å². The van der Waals surface area contributed by atoms with Gasteiger partial charge in [0.2, 0.25) is 0 Å². The molecule has 2 aromatic rings. The minimum absolute atomic E-state index is 0.146. The Morgan fingerprint density at radius 1 is 1.17 bits per heavy atom. The summed E-state index contributed by atoms with van der Waals surface area (Å²) in [5.41, 5.74) is 3.32. The van der Waals surface area contributed by atoms with Crippen molar-refractivity contribution in [2.45, 2.75) is 0 Å². The van der Waals surface area contributed by atoms with Crippen LogP contribution < -0.4 is 5.43 Å².